The van der Waals surface area contributed by atoms with Gasteiger partial charge in [-0.1, -0.05) is 19.8 Å². The number of carbonyl (C=O) groups excluding carboxylic acids is 4. The number of esters is 1. The van der Waals surface area contributed by atoms with E-state index in [2.05, 4.69) is 12.2 Å². The van der Waals surface area contributed by atoms with Gasteiger partial charge in [0, 0.05) is 17.5 Å². The van der Waals surface area contributed by atoms with Crippen LogP contribution in [0.3, 0.4) is 0 Å². The van der Waals surface area contributed by atoms with Gasteiger partial charge >= 0.3 is 5.97 Å². The molecule has 0 aliphatic carbocycles. The first-order chi connectivity index (χ1) is 15.9. The van der Waals surface area contributed by atoms with Crippen LogP contribution in [-0.2, 0) is 14.3 Å². The fourth-order valence-electron chi connectivity index (χ4n) is 2.83. The van der Waals surface area contributed by atoms with Crippen molar-refractivity contribution in [2.24, 2.45) is 0 Å². The highest BCUT2D eigenvalue weighted by atomic mass is 16.5. The van der Waals surface area contributed by atoms with E-state index in [9.17, 15) is 19.2 Å². The second-order valence-electron chi connectivity index (χ2n) is 7.27. The average molecular weight is 456 g/mol. The van der Waals surface area contributed by atoms with E-state index < -0.39 is 24.4 Å². The lowest BCUT2D eigenvalue weighted by atomic mass is 10.1. The van der Waals surface area contributed by atoms with E-state index in [0.717, 1.165) is 19.3 Å². The Bertz CT molecular complexity index is 936. The van der Waals surface area contributed by atoms with Crippen LogP contribution in [0.5, 0.6) is 11.5 Å². The van der Waals surface area contributed by atoms with Crippen LogP contribution in [0.25, 0.3) is 0 Å². The van der Waals surface area contributed by atoms with Crippen LogP contribution in [0.15, 0.2) is 48.5 Å². The van der Waals surface area contributed by atoms with E-state index in [4.69, 9.17) is 14.2 Å². The smallest absolute Gasteiger partial charge is 0.306 e. The fourth-order valence-corrected chi connectivity index (χ4v) is 2.83. The van der Waals surface area contributed by atoms with Gasteiger partial charge in [-0.25, -0.2) is 0 Å². The highest BCUT2D eigenvalue weighted by molar-refractivity contribution is 6.05. The minimum Gasteiger partial charge on any atom is -0.497 e. The van der Waals surface area contributed by atoms with Crippen molar-refractivity contribution < 1.29 is 33.4 Å². The zero-order valence-corrected chi connectivity index (χ0v) is 18.9. The number of amides is 2. The third-order valence-corrected chi connectivity index (χ3v) is 4.72. The number of benzene rings is 2. The third kappa shape index (κ3) is 9.14. The maximum atomic E-state index is 12.3. The molecule has 0 unspecified atom stereocenters. The number of unbranched alkanes of at least 4 members (excludes halogenated alkanes) is 2. The Hall–Kier alpha value is -3.68. The molecule has 2 amide bonds. The number of rotatable bonds is 13. The van der Waals surface area contributed by atoms with Gasteiger partial charge in [-0.15, -0.1) is 0 Å². The van der Waals surface area contributed by atoms with Gasteiger partial charge in [0.2, 0.25) is 0 Å². The monoisotopic (exact) mass is 455 g/mol. The van der Waals surface area contributed by atoms with Crippen LogP contribution >= 0.6 is 0 Å². The number of ketones is 1. The second-order valence-corrected chi connectivity index (χ2v) is 7.27. The SMILES string of the molecule is CCCCCOc1ccc(C(=O)CCC(=O)OCC(=O)NC(=O)c2ccc(OC)cc2)cc1. The number of ether oxygens (including phenoxy) is 3. The van der Waals surface area contributed by atoms with Gasteiger partial charge in [-0.2, -0.15) is 0 Å². The van der Waals surface area contributed by atoms with Crippen molar-refractivity contribution in [1.29, 1.82) is 0 Å². The summed E-state index contributed by atoms with van der Waals surface area (Å²) in [6.07, 6.45) is 2.97. The van der Waals surface area contributed by atoms with E-state index in [-0.39, 0.29) is 24.2 Å². The Kier molecular flexibility index (Phi) is 10.6. The van der Waals surface area contributed by atoms with Crippen molar-refractivity contribution in [3.63, 3.8) is 0 Å². The van der Waals surface area contributed by atoms with Crippen LogP contribution in [0.1, 0.15) is 59.7 Å². The zero-order chi connectivity index (χ0) is 24.1. The highest BCUT2D eigenvalue weighted by Gasteiger charge is 2.14. The summed E-state index contributed by atoms with van der Waals surface area (Å²) in [6, 6.07) is 12.9. The molecule has 0 bridgehead atoms. The fraction of sp³-hybridized carbons (Fsp3) is 0.360. The van der Waals surface area contributed by atoms with Crippen LogP contribution in [-0.4, -0.2) is 43.9 Å². The molecule has 2 aromatic rings. The molecule has 2 aromatic carbocycles. The first-order valence-electron chi connectivity index (χ1n) is 10.8. The molecule has 0 aromatic heterocycles. The van der Waals surface area contributed by atoms with Crippen LogP contribution in [0.2, 0.25) is 0 Å². The molecule has 0 saturated heterocycles. The molecule has 0 spiro atoms. The van der Waals surface area contributed by atoms with E-state index in [1.54, 1.807) is 36.4 Å². The molecule has 0 atom stereocenters. The zero-order valence-electron chi connectivity index (χ0n) is 18.9. The summed E-state index contributed by atoms with van der Waals surface area (Å²) in [5.74, 6) is -1.03. The standard InChI is InChI=1S/C25H29NO7/c1-3-4-5-16-32-21-12-6-18(7-13-21)22(27)14-15-24(29)33-17-23(28)26-25(30)19-8-10-20(31-2)11-9-19/h6-13H,3-5,14-17H2,1-2H3,(H,26,28,30). The van der Waals surface area contributed by atoms with Gasteiger partial charge in [0.15, 0.2) is 12.4 Å². The number of hydrogen-bond donors (Lipinski definition) is 1. The number of imide groups is 1. The van der Waals surface area contributed by atoms with Crippen molar-refractivity contribution in [1.82, 2.24) is 5.32 Å². The van der Waals surface area contributed by atoms with Gasteiger partial charge in [0.1, 0.15) is 11.5 Å². The number of carbonyl (C=O) groups is 4. The number of nitrogens with one attached hydrogen (secondary N) is 1. The molecule has 0 radical (unpaired) electrons. The summed E-state index contributed by atoms with van der Waals surface area (Å²) in [5, 5.41) is 2.13. The molecule has 0 saturated carbocycles. The number of hydrogen-bond acceptors (Lipinski definition) is 7. The summed E-state index contributed by atoms with van der Waals surface area (Å²) < 4.78 is 15.5. The number of Topliss-reactive ketones (excluding diaryl/α,β-unsaturated/α-hetero) is 1. The summed E-state index contributed by atoms with van der Waals surface area (Å²) in [4.78, 5) is 48.0. The van der Waals surface area contributed by atoms with Crippen molar-refractivity contribution in [3.05, 3.63) is 59.7 Å². The maximum Gasteiger partial charge on any atom is 0.306 e. The Balaban J connectivity index is 1.68. The lowest BCUT2D eigenvalue weighted by Crippen LogP contribution is -2.34. The Labute approximate surface area is 193 Å². The largest absolute Gasteiger partial charge is 0.497 e. The first kappa shape index (κ1) is 25.6. The predicted octanol–water partition coefficient (Wildman–Crippen LogP) is 3.73. The Morgan fingerprint density at radius 1 is 0.818 bits per heavy atom. The van der Waals surface area contributed by atoms with Crippen LogP contribution in [0.4, 0.5) is 0 Å². The van der Waals surface area contributed by atoms with Crippen molar-refractivity contribution >= 4 is 23.6 Å². The number of methoxy groups -OCH3 is 1. The second kappa shape index (κ2) is 13.7. The molecule has 0 fully saturated rings. The molecule has 0 aliphatic heterocycles. The van der Waals surface area contributed by atoms with Crippen molar-refractivity contribution in [2.45, 2.75) is 39.0 Å². The highest BCUT2D eigenvalue weighted by Crippen LogP contribution is 2.15. The Morgan fingerprint density at radius 2 is 1.45 bits per heavy atom. The first-order valence-corrected chi connectivity index (χ1v) is 10.8. The molecule has 176 valence electrons. The molecular weight excluding hydrogens is 426 g/mol. The lowest BCUT2D eigenvalue weighted by molar-refractivity contribution is -0.148. The predicted molar refractivity (Wildman–Crippen MR) is 121 cm³/mol. The molecule has 8 heteroatoms. The molecule has 2 rings (SSSR count). The van der Waals surface area contributed by atoms with Gasteiger partial charge in [0.05, 0.1) is 20.1 Å². The minimum atomic E-state index is -0.759. The average Bonchev–Trinajstić information content (AvgIpc) is 2.84. The van der Waals surface area contributed by atoms with Gasteiger partial charge in [-0.05, 0) is 55.0 Å². The topological polar surface area (TPSA) is 108 Å². The molecule has 0 aliphatic rings. The summed E-state index contributed by atoms with van der Waals surface area (Å²) in [5.41, 5.74) is 0.727. The summed E-state index contributed by atoms with van der Waals surface area (Å²) >= 11 is 0. The van der Waals surface area contributed by atoms with E-state index in [1.165, 1.54) is 19.2 Å². The molecular formula is C25H29NO7. The Morgan fingerprint density at radius 3 is 2.09 bits per heavy atom. The van der Waals surface area contributed by atoms with E-state index in [0.29, 0.717) is 23.7 Å². The van der Waals surface area contributed by atoms with Gasteiger partial charge in [-0.3, -0.25) is 24.5 Å². The van der Waals surface area contributed by atoms with Crippen molar-refractivity contribution in [2.75, 3.05) is 20.3 Å². The van der Waals surface area contributed by atoms with Crippen LogP contribution in [0, 0.1) is 0 Å². The van der Waals surface area contributed by atoms with E-state index >= 15 is 0 Å². The van der Waals surface area contributed by atoms with Crippen LogP contribution < -0.4 is 14.8 Å². The lowest BCUT2D eigenvalue weighted by Gasteiger charge is -2.07. The molecule has 8 nitrogen and oxygen atoms in total. The molecule has 33 heavy (non-hydrogen) atoms. The third-order valence-electron chi connectivity index (χ3n) is 4.72. The normalized spacial score (nSPS) is 10.2. The molecule has 1 N–H and O–H groups in total. The summed E-state index contributed by atoms with van der Waals surface area (Å²) in [6.45, 7) is 2.14. The van der Waals surface area contributed by atoms with Gasteiger partial charge < -0.3 is 14.2 Å². The van der Waals surface area contributed by atoms with E-state index in [1.807, 2.05) is 0 Å². The molecule has 0 heterocycles. The van der Waals surface area contributed by atoms with Crippen molar-refractivity contribution in [3.8, 4) is 11.5 Å². The summed E-state index contributed by atoms with van der Waals surface area (Å²) in [7, 11) is 1.50. The minimum absolute atomic E-state index is 0.0536. The maximum absolute atomic E-state index is 12.3. The van der Waals surface area contributed by atoms with Gasteiger partial charge in [0.25, 0.3) is 11.8 Å². The quantitative estimate of drug-likeness (QED) is 0.279.